The summed E-state index contributed by atoms with van der Waals surface area (Å²) < 4.78 is 5.26. The van der Waals surface area contributed by atoms with E-state index in [1.807, 2.05) is 0 Å². The molecule has 5 nitrogen and oxygen atoms in total. The van der Waals surface area contributed by atoms with E-state index in [1.165, 1.54) is 6.92 Å². The number of carboxylic acid groups (broad SMARTS) is 1. The summed E-state index contributed by atoms with van der Waals surface area (Å²) in [5, 5.41) is 27.4. The van der Waals surface area contributed by atoms with Crippen LogP contribution in [0.3, 0.4) is 0 Å². The average Bonchev–Trinajstić information content (AvgIpc) is 2.11. The fourth-order valence-electron chi connectivity index (χ4n) is 1.12. The maximum absolute atomic E-state index is 10.8. The third kappa shape index (κ3) is 4.83. The molecule has 0 saturated carbocycles. The van der Waals surface area contributed by atoms with Crippen molar-refractivity contribution in [2.45, 2.75) is 44.5 Å². The van der Waals surface area contributed by atoms with E-state index in [-0.39, 0.29) is 6.10 Å². The van der Waals surface area contributed by atoms with Crippen LogP contribution in [0.5, 0.6) is 0 Å². The number of carboxylic acids is 1. The molecule has 0 bridgehead atoms. The largest absolute Gasteiger partial charge is 0.481 e. The van der Waals surface area contributed by atoms with Gasteiger partial charge in [-0.05, 0) is 20.8 Å². The highest BCUT2D eigenvalue weighted by atomic mass is 32.1. The van der Waals surface area contributed by atoms with Crippen LogP contribution in [0.4, 0.5) is 0 Å². The summed E-state index contributed by atoms with van der Waals surface area (Å²) in [6.45, 7) is 4.85. The van der Waals surface area contributed by atoms with Gasteiger partial charge in [-0.25, -0.2) is 0 Å². The van der Waals surface area contributed by atoms with Crippen molar-refractivity contribution in [1.82, 2.24) is 0 Å². The number of rotatable bonds is 6. The molecular formula is C9H18O5S. The van der Waals surface area contributed by atoms with Crippen molar-refractivity contribution in [3.63, 3.8) is 0 Å². The first kappa shape index (κ1) is 14.7. The van der Waals surface area contributed by atoms with Gasteiger partial charge in [-0.1, -0.05) is 0 Å². The summed E-state index contributed by atoms with van der Waals surface area (Å²) in [5.74, 6) is -2.00. The van der Waals surface area contributed by atoms with Crippen molar-refractivity contribution in [2.75, 3.05) is 0 Å². The summed E-state index contributed by atoms with van der Waals surface area (Å²) in [7, 11) is 0. The second kappa shape index (κ2) is 6.32. The van der Waals surface area contributed by atoms with Gasteiger partial charge in [0.2, 0.25) is 0 Å². The Balaban J connectivity index is 4.64. The van der Waals surface area contributed by atoms with Gasteiger partial charge < -0.3 is 20.1 Å². The Morgan fingerprint density at radius 1 is 1.27 bits per heavy atom. The summed E-state index contributed by atoms with van der Waals surface area (Å²) in [6, 6.07) is 0. The third-order valence-electron chi connectivity index (χ3n) is 1.95. The van der Waals surface area contributed by atoms with E-state index in [0.29, 0.717) is 0 Å². The van der Waals surface area contributed by atoms with Crippen LogP contribution < -0.4 is 0 Å². The molecule has 0 aliphatic heterocycles. The summed E-state index contributed by atoms with van der Waals surface area (Å²) in [6.07, 6.45) is -2.55. The number of aliphatic hydroxyl groups excluding tert-OH is 2. The SMILES string of the molecule is CC(C)OC(C(C)C(=O)O)C(O)C(O)S. The van der Waals surface area contributed by atoms with Crippen LogP contribution in [0.15, 0.2) is 0 Å². The lowest BCUT2D eigenvalue weighted by Gasteiger charge is -2.29. The van der Waals surface area contributed by atoms with E-state index in [9.17, 15) is 9.90 Å². The van der Waals surface area contributed by atoms with Crippen molar-refractivity contribution in [1.29, 1.82) is 0 Å². The van der Waals surface area contributed by atoms with Gasteiger partial charge in [-0.3, -0.25) is 4.79 Å². The van der Waals surface area contributed by atoms with Gasteiger partial charge in [0, 0.05) is 0 Å². The Hall–Kier alpha value is -0.300. The van der Waals surface area contributed by atoms with Crippen LogP contribution in [0.25, 0.3) is 0 Å². The van der Waals surface area contributed by atoms with Crippen LogP contribution in [-0.4, -0.2) is 45.0 Å². The maximum atomic E-state index is 10.8. The topological polar surface area (TPSA) is 87.0 Å². The minimum atomic E-state index is -1.33. The molecule has 0 aromatic carbocycles. The Morgan fingerprint density at radius 3 is 2.00 bits per heavy atom. The van der Waals surface area contributed by atoms with Crippen LogP contribution in [-0.2, 0) is 9.53 Å². The van der Waals surface area contributed by atoms with Crippen molar-refractivity contribution in [3.05, 3.63) is 0 Å². The van der Waals surface area contributed by atoms with Gasteiger partial charge in [0.15, 0.2) is 0 Å². The lowest BCUT2D eigenvalue weighted by Crippen LogP contribution is -2.44. The zero-order valence-electron chi connectivity index (χ0n) is 8.99. The lowest BCUT2D eigenvalue weighted by molar-refractivity contribution is -0.157. The summed E-state index contributed by atoms with van der Waals surface area (Å²) in [4.78, 5) is 10.8. The Labute approximate surface area is 94.5 Å². The number of hydrogen-bond acceptors (Lipinski definition) is 5. The van der Waals surface area contributed by atoms with Gasteiger partial charge >= 0.3 is 5.97 Å². The maximum Gasteiger partial charge on any atom is 0.308 e. The molecule has 0 fully saturated rings. The Kier molecular flexibility index (Phi) is 6.19. The highest BCUT2D eigenvalue weighted by molar-refractivity contribution is 7.80. The highest BCUT2D eigenvalue weighted by Crippen LogP contribution is 2.18. The predicted octanol–water partition coefficient (Wildman–Crippen LogP) is 0.110. The average molecular weight is 238 g/mol. The molecule has 0 radical (unpaired) electrons. The van der Waals surface area contributed by atoms with Crippen molar-refractivity contribution in [3.8, 4) is 0 Å². The molecule has 0 spiro atoms. The van der Waals surface area contributed by atoms with Gasteiger partial charge in [-0.2, -0.15) is 0 Å². The molecule has 4 atom stereocenters. The quantitative estimate of drug-likeness (QED) is 0.390. The van der Waals surface area contributed by atoms with Crippen LogP contribution in [0, 0.1) is 5.92 Å². The van der Waals surface area contributed by atoms with E-state index in [0.717, 1.165) is 0 Å². The second-order valence-electron chi connectivity index (χ2n) is 3.68. The molecule has 0 rings (SSSR count). The molecule has 0 aromatic heterocycles. The number of aliphatic carboxylic acids is 1. The van der Waals surface area contributed by atoms with Crippen LogP contribution >= 0.6 is 12.6 Å². The molecular weight excluding hydrogens is 220 g/mol. The number of aliphatic hydroxyl groups is 2. The van der Waals surface area contributed by atoms with Gasteiger partial charge in [-0.15, -0.1) is 12.6 Å². The molecule has 3 N–H and O–H groups in total. The highest BCUT2D eigenvalue weighted by Gasteiger charge is 2.34. The fourth-order valence-corrected chi connectivity index (χ4v) is 1.29. The minimum absolute atomic E-state index is 0.237. The summed E-state index contributed by atoms with van der Waals surface area (Å²) in [5.41, 5.74) is -1.32. The predicted molar refractivity (Wildman–Crippen MR) is 57.8 cm³/mol. The smallest absolute Gasteiger partial charge is 0.308 e. The number of carbonyl (C=O) groups is 1. The van der Waals surface area contributed by atoms with E-state index in [1.54, 1.807) is 13.8 Å². The van der Waals surface area contributed by atoms with E-state index in [4.69, 9.17) is 14.9 Å². The van der Waals surface area contributed by atoms with Crippen LogP contribution in [0.1, 0.15) is 20.8 Å². The normalized spacial score (nSPS) is 19.7. The molecule has 4 unspecified atom stereocenters. The number of hydrogen-bond donors (Lipinski definition) is 4. The standard InChI is InChI=1S/C9H18O5S/c1-4(2)14-7(5(3)8(11)12)6(10)9(13)15/h4-7,9-10,13,15H,1-3H3,(H,11,12). The summed E-state index contributed by atoms with van der Waals surface area (Å²) >= 11 is 3.65. The van der Waals surface area contributed by atoms with Crippen molar-refractivity contribution < 1.29 is 24.9 Å². The molecule has 0 heterocycles. The molecule has 0 amide bonds. The molecule has 0 saturated heterocycles. The second-order valence-corrected chi connectivity index (χ2v) is 4.21. The fraction of sp³-hybridized carbons (Fsp3) is 0.889. The molecule has 0 aliphatic rings. The zero-order chi connectivity index (χ0) is 12.2. The number of thiol groups is 1. The molecule has 15 heavy (non-hydrogen) atoms. The van der Waals surface area contributed by atoms with E-state index in [2.05, 4.69) is 12.6 Å². The van der Waals surface area contributed by atoms with Crippen LogP contribution in [0.2, 0.25) is 0 Å². The first-order valence-electron chi connectivity index (χ1n) is 4.69. The van der Waals surface area contributed by atoms with Gasteiger partial charge in [0.25, 0.3) is 0 Å². The minimum Gasteiger partial charge on any atom is -0.481 e. The first-order chi connectivity index (χ1) is 6.77. The van der Waals surface area contributed by atoms with Crippen molar-refractivity contribution >= 4 is 18.6 Å². The van der Waals surface area contributed by atoms with E-state index < -0.39 is 29.5 Å². The molecule has 90 valence electrons. The molecule has 0 aromatic rings. The van der Waals surface area contributed by atoms with E-state index >= 15 is 0 Å². The van der Waals surface area contributed by atoms with Gasteiger partial charge in [0.05, 0.1) is 12.0 Å². The molecule has 6 heteroatoms. The Morgan fingerprint density at radius 2 is 1.73 bits per heavy atom. The van der Waals surface area contributed by atoms with Gasteiger partial charge in [0.1, 0.15) is 17.6 Å². The third-order valence-corrected chi connectivity index (χ3v) is 2.26. The Bertz CT molecular complexity index is 207. The zero-order valence-corrected chi connectivity index (χ0v) is 9.89. The first-order valence-corrected chi connectivity index (χ1v) is 5.21. The monoisotopic (exact) mass is 238 g/mol. The lowest BCUT2D eigenvalue weighted by atomic mass is 10.00. The number of ether oxygens (including phenoxy) is 1. The molecule has 0 aliphatic carbocycles. The van der Waals surface area contributed by atoms with Crippen molar-refractivity contribution in [2.24, 2.45) is 5.92 Å².